The second-order valence-electron chi connectivity index (χ2n) is 4.34. The highest BCUT2D eigenvalue weighted by molar-refractivity contribution is 7.91. The first-order valence-corrected chi connectivity index (χ1v) is 8.97. The number of benzene rings is 1. The van der Waals surface area contributed by atoms with Gasteiger partial charge in [0.05, 0.1) is 16.4 Å². The summed E-state index contributed by atoms with van der Waals surface area (Å²) in [5.41, 5.74) is 0. The number of rotatable bonds is 5. The van der Waals surface area contributed by atoms with Crippen LogP contribution in [-0.2, 0) is 9.84 Å². The van der Waals surface area contributed by atoms with Crippen LogP contribution in [0, 0.1) is 0 Å². The number of oxazole rings is 1. The smallest absolute Gasteiger partial charge is 0.325 e. The summed E-state index contributed by atoms with van der Waals surface area (Å²) in [5, 5.41) is 1.68. The molecule has 0 N–H and O–H groups in total. The number of hydrogen-bond acceptors (Lipinski definition) is 6. The van der Waals surface area contributed by atoms with Gasteiger partial charge in [0, 0.05) is 0 Å². The maximum absolute atomic E-state index is 12.7. The highest BCUT2D eigenvalue weighted by atomic mass is 32.2. The van der Waals surface area contributed by atoms with Gasteiger partial charge in [-0.05, 0) is 30.5 Å². The largest absolute Gasteiger partial charge is 0.463 e. The average molecular weight is 335 g/mol. The van der Waals surface area contributed by atoms with Crippen molar-refractivity contribution in [2.24, 2.45) is 0 Å². The van der Waals surface area contributed by atoms with E-state index in [4.69, 9.17) is 9.15 Å². The van der Waals surface area contributed by atoms with Crippen LogP contribution in [0.1, 0.15) is 6.92 Å². The zero-order valence-corrected chi connectivity index (χ0v) is 13.4. The molecule has 0 unspecified atom stereocenters. The van der Waals surface area contributed by atoms with Gasteiger partial charge in [0.2, 0.25) is 20.8 Å². The molecule has 0 atom stereocenters. The Balaban J connectivity index is 2.13. The van der Waals surface area contributed by atoms with E-state index in [2.05, 4.69) is 4.98 Å². The van der Waals surface area contributed by atoms with Gasteiger partial charge in [-0.15, -0.1) is 11.3 Å². The molecule has 2 aromatic heterocycles. The van der Waals surface area contributed by atoms with Crippen molar-refractivity contribution < 1.29 is 17.6 Å². The highest BCUT2D eigenvalue weighted by Crippen LogP contribution is 2.35. The van der Waals surface area contributed by atoms with Crippen LogP contribution < -0.4 is 4.74 Å². The van der Waals surface area contributed by atoms with Gasteiger partial charge >= 0.3 is 5.95 Å². The normalized spacial score (nSPS) is 11.5. The van der Waals surface area contributed by atoms with Crippen LogP contribution in [0.25, 0.3) is 10.8 Å². The fraction of sp³-hybridized carbons (Fsp3) is 0.133. The van der Waals surface area contributed by atoms with Gasteiger partial charge in [0.25, 0.3) is 0 Å². The number of sulfone groups is 1. The third kappa shape index (κ3) is 2.65. The lowest BCUT2D eigenvalue weighted by Gasteiger charge is -2.03. The number of thiophene rings is 1. The average Bonchev–Trinajstić information content (AvgIpc) is 3.17. The van der Waals surface area contributed by atoms with Gasteiger partial charge in [0.1, 0.15) is 0 Å². The Morgan fingerprint density at radius 1 is 1.18 bits per heavy atom. The van der Waals surface area contributed by atoms with Crippen LogP contribution in [0.3, 0.4) is 0 Å². The molecule has 114 valence electrons. The van der Waals surface area contributed by atoms with E-state index in [1.54, 1.807) is 25.1 Å². The summed E-state index contributed by atoms with van der Waals surface area (Å²) in [7, 11) is -3.79. The molecule has 0 saturated carbocycles. The van der Waals surface area contributed by atoms with Crippen molar-refractivity contribution in [1.82, 2.24) is 4.98 Å². The van der Waals surface area contributed by atoms with E-state index in [0.29, 0.717) is 0 Å². The summed E-state index contributed by atoms with van der Waals surface area (Å²) in [4.78, 5) is 5.05. The lowest BCUT2D eigenvalue weighted by Crippen LogP contribution is -2.05. The van der Waals surface area contributed by atoms with Crippen LogP contribution in [0.15, 0.2) is 62.2 Å². The molecule has 2 heterocycles. The van der Waals surface area contributed by atoms with E-state index in [9.17, 15) is 8.42 Å². The molecule has 0 spiro atoms. The molecule has 3 aromatic rings. The van der Waals surface area contributed by atoms with E-state index in [1.165, 1.54) is 23.5 Å². The van der Waals surface area contributed by atoms with Crippen molar-refractivity contribution in [3.8, 4) is 16.7 Å². The maximum atomic E-state index is 12.7. The van der Waals surface area contributed by atoms with Gasteiger partial charge in [-0.2, -0.15) is 4.98 Å². The molecule has 1 aromatic carbocycles. The van der Waals surface area contributed by atoms with Crippen LogP contribution >= 0.6 is 11.3 Å². The minimum atomic E-state index is -3.79. The van der Waals surface area contributed by atoms with Crippen molar-refractivity contribution in [3.63, 3.8) is 0 Å². The Morgan fingerprint density at radius 2 is 1.95 bits per heavy atom. The molecule has 0 bridgehead atoms. The standard InChI is InChI=1S/C15H13NO4S2/c1-2-19-15-14(16-13(20-15)12-9-6-10-21-12)22(17,18)11-7-4-3-5-8-11/h3-10H,2H2,1H3. The third-order valence-electron chi connectivity index (χ3n) is 2.88. The number of aromatic nitrogens is 1. The molecule has 0 fully saturated rings. The fourth-order valence-corrected chi connectivity index (χ4v) is 3.81. The first-order chi connectivity index (χ1) is 10.6. The summed E-state index contributed by atoms with van der Waals surface area (Å²) < 4.78 is 36.3. The van der Waals surface area contributed by atoms with E-state index in [-0.39, 0.29) is 28.4 Å². The molecule has 0 aliphatic heterocycles. The Labute approximate surface area is 132 Å². The molecule has 5 nitrogen and oxygen atoms in total. The Bertz CT molecular complexity index is 852. The number of ether oxygens (including phenoxy) is 1. The quantitative estimate of drug-likeness (QED) is 0.712. The van der Waals surface area contributed by atoms with Gasteiger partial charge in [0.15, 0.2) is 0 Å². The molecular weight excluding hydrogens is 322 g/mol. The predicted octanol–water partition coefficient (Wildman–Crippen LogP) is 3.63. The summed E-state index contributed by atoms with van der Waals surface area (Å²) in [6.45, 7) is 2.04. The fourth-order valence-electron chi connectivity index (χ4n) is 1.90. The molecule has 22 heavy (non-hydrogen) atoms. The first kappa shape index (κ1) is 14.8. The van der Waals surface area contributed by atoms with E-state index in [1.807, 2.05) is 17.5 Å². The van der Waals surface area contributed by atoms with Crippen molar-refractivity contribution in [2.75, 3.05) is 6.61 Å². The molecule has 0 aliphatic rings. The summed E-state index contributed by atoms with van der Waals surface area (Å²) >= 11 is 1.42. The monoisotopic (exact) mass is 335 g/mol. The maximum Gasteiger partial charge on any atom is 0.325 e. The second kappa shape index (κ2) is 5.94. The second-order valence-corrected chi connectivity index (χ2v) is 7.15. The van der Waals surface area contributed by atoms with Gasteiger partial charge in [-0.25, -0.2) is 8.42 Å². The molecular formula is C15H13NO4S2. The minimum absolute atomic E-state index is 0.0743. The Morgan fingerprint density at radius 3 is 2.59 bits per heavy atom. The SMILES string of the molecule is CCOc1oc(-c2cccs2)nc1S(=O)(=O)c1ccccc1. The van der Waals surface area contributed by atoms with Crippen LogP contribution in [0.2, 0.25) is 0 Å². The molecule has 0 radical (unpaired) electrons. The summed E-state index contributed by atoms with van der Waals surface area (Å²) in [6.07, 6.45) is 0. The van der Waals surface area contributed by atoms with Crippen molar-refractivity contribution in [3.05, 3.63) is 47.8 Å². The van der Waals surface area contributed by atoms with Crippen LogP contribution in [0.5, 0.6) is 5.95 Å². The Kier molecular flexibility index (Phi) is 4.00. The zero-order chi connectivity index (χ0) is 15.6. The third-order valence-corrected chi connectivity index (χ3v) is 5.40. The number of hydrogen-bond donors (Lipinski definition) is 0. The molecule has 0 aliphatic carbocycles. The van der Waals surface area contributed by atoms with Crippen molar-refractivity contribution in [2.45, 2.75) is 16.8 Å². The van der Waals surface area contributed by atoms with E-state index in [0.717, 1.165) is 4.88 Å². The summed E-state index contributed by atoms with van der Waals surface area (Å²) in [5.74, 6) is 0.169. The van der Waals surface area contributed by atoms with Crippen LogP contribution in [-0.4, -0.2) is 20.0 Å². The molecule has 0 amide bonds. The lowest BCUT2D eigenvalue weighted by molar-refractivity contribution is 0.251. The molecule has 3 rings (SSSR count). The lowest BCUT2D eigenvalue weighted by atomic mass is 10.4. The van der Waals surface area contributed by atoms with Gasteiger partial charge < -0.3 is 9.15 Å². The molecule has 0 saturated heterocycles. The van der Waals surface area contributed by atoms with E-state index < -0.39 is 9.84 Å². The van der Waals surface area contributed by atoms with Crippen LogP contribution in [0.4, 0.5) is 0 Å². The topological polar surface area (TPSA) is 69.4 Å². The van der Waals surface area contributed by atoms with Gasteiger partial charge in [-0.3, -0.25) is 0 Å². The van der Waals surface area contributed by atoms with Gasteiger partial charge in [-0.1, -0.05) is 24.3 Å². The predicted molar refractivity (Wildman–Crippen MR) is 82.9 cm³/mol. The molecule has 7 heteroatoms. The van der Waals surface area contributed by atoms with Crippen molar-refractivity contribution >= 4 is 21.2 Å². The van der Waals surface area contributed by atoms with E-state index >= 15 is 0 Å². The minimum Gasteiger partial charge on any atom is -0.463 e. The first-order valence-electron chi connectivity index (χ1n) is 6.60. The van der Waals surface area contributed by atoms with Crippen molar-refractivity contribution in [1.29, 1.82) is 0 Å². The summed E-state index contributed by atoms with van der Waals surface area (Å²) in [6, 6.07) is 11.8. The zero-order valence-electron chi connectivity index (χ0n) is 11.7. The number of nitrogens with zero attached hydrogens (tertiary/aromatic N) is 1. The highest BCUT2D eigenvalue weighted by Gasteiger charge is 2.29. The Hall–Kier alpha value is -2.12.